The van der Waals surface area contributed by atoms with Gasteiger partial charge in [0.25, 0.3) is 5.91 Å². The van der Waals surface area contributed by atoms with Crippen LogP contribution in [-0.4, -0.2) is 41.2 Å². The molecule has 1 heterocycles. The monoisotopic (exact) mass is 263 g/mol. The predicted molar refractivity (Wildman–Crippen MR) is 73.4 cm³/mol. The topological polar surface area (TPSA) is 49.8 Å². The van der Waals surface area contributed by atoms with Gasteiger partial charge in [-0.1, -0.05) is 6.07 Å². The Bertz CT molecular complexity index is 437. The van der Waals surface area contributed by atoms with E-state index in [4.69, 9.17) is 4.74 Å². The third-order valence-electron chi connectivity index (χ3n) is 3.20. The van der Waals surface area contributed by atoms with Crippen LogP contribution in [0.25, 0.3) is 0 Å². The number of carbonyl (C=O) groups excluding carboxylic acids is 1. The molecule has 0 unspecified atom stereocenters. The normalized spacial score (nSPS) is 16.7. The fourth-order valence-electron chi connectivity index (χ4n) is 2.23. The van der Waals surface area contributed by atoms with Crippen molar-refractivity contribution in [2.45, 2.75) is 38.9 Å². The molecule has 19 heavy (non-hydrogen) atoms. The highest BCUT2D eigenvalue weighted by Crippen LogP contribution is 2.18. The van der Waals surface area contributed by atoms with Gasteiger partial charge < -0.3 is 14.7 Å². The lowest BCUT2D eigenvalue weighted by molar-refractivity contribution is 0.0546. The Balaban J connectivity index is 2.06. The molecular formula is C15H21NO3. The zero-order valence-electron chi connectivity index (χ0n) is 11.5. The zero-order chi connectivity index (χ0) is 13.8. The molecule has 1 aromatic rings. The van der Waals surface area contributed by atoms with E-state index in [1.54, 1.807) is 17.0 Å². The van der Waals surface area contributed by atoms with E-state index < -0.39 is 0 Å². The zero-order valence-corrected chi connectivity index (χ0v) is 11.5. The van der Waals surface area contributed by atoms with Gasteiger partial charge in [0, 0.05) is 18.7 Å². The van der Waals surface area contributed by atoms with Gasteiger partial charge in [0.1, 0.15) is 5.75 Å². The summed E-state index contributed by atoms with van der Waals surface area (Å²) in [4.78, 5) is 14.1. The fraction of sp³-hybridized carbons (Fsp3) is 0.533. The van der Waals surface area contributed by atoms with Crippen molar-refractivity contribution in [3.63, 3.8) is 0 Å². The van der Waals surface area contributed by atoms with Gasteiger partial charge in [-0.2, -0.15) is 0 Å². The van der Waals surface area contributed by atoms with Crippen molar-refractivity contribution in [1.82, 2.24) is 4.90 Å². The van der Waals surface area contributed by atoms with Crippen molar-refractivity contribution in [3.05, 3.63) is 29.8 Å². The summed E-state index contributed by atoms with van der Waals surface area (Å²) < 4.78 is 5.60. The molecule has 1 fully saturated rings. The number of ether oxygens (including phenoxy) is 1. The number of benzene rings is 1. The summed E-state index contributed by atoms with van der Waals surface area (Å²) in [5.41, 5.74) is 0.648. The molecule has 1 amide bonds. The molecule has 104 valence electrons. The minimum absolute atomic E-state index is 0.0149. The highest BCUT2D eigenvalue weighted by atomic mass is 16.5. The summed E-state index contributed by atoms with van der Waals surface area (Å²) in [5, 5.41) is 9.46. The van der Waals surface area contributed by atoms with Crippen LogP contribution in [0.15, 0.2) is 24.3 Å². The van der Waals surface area contributed by atoms with Gasteiger partial charge in [-0.05, 0) is 44.9 Å². The average Bonchev–Trinajstić information content (AvgIpc) is 2.38. The number of amides is 1. The van der Waals surface area contributed by atoms with Gasteiger partial charge in [-0.25, -0.2) is 0 Å². The SMILES string of the molecule is CC(C)Oc1cccc(C(=O)N2CCC(O)CC2)c1. The summed E-state index contributed by atoms with van der Waals surface area (Å²) in [7, 11) is 0. The minimum Gasteiger partial charge on any atom is -0.491 e. The lowest BCUT2D eigenvalue weighted by atomic mass is 10.1. The molecule has 2 rings (SSSR count). The number of likely N-dealkylation sites (tertiary alicyclic amines) is 1. The van der Waals surface area contributed by atoms with E-state index in [2.05, 4.69) is 0 Å². The molecule has 0 bridgehead atoms. The molecule has 0 atom stereocenters. The molecule has 1 saturated heterocycles. The lowest BCUT2D eigenvalue weighted by Crippen LogP contribution is -2.40. The average molecular weight is 263 g/mol. The van der Waals surface area contributed by atoms with Crippen molar-refractivity contribution in [3.8, 4) is 5.75 Å². The van der Waals surface area contributed by atoms with Gasteiger partial charge >= 0.3 is 0 Å². The maximum absolute atomic E-state index is 12.3. The largest absolute Gasteiger partial charge is 0.491 e. The van der Waals surface area contributed by atoms with Crippen LogP contribution in [0.5, 0.6) is 5.75 Å². The Hall–Kier alpha value is -1.55. The standard InChI is InChI=1S/C15H21NO3/c1-11(2)19-14-5-3-4-12(10-14)15(18)16-8-6-13(17)7-9-16/h3-5,10-11,13,17H,6-9H2,1-2H3. The number of rotatable bonds is 3. The van der Waals surface area contributed by atoms with Crippen LogP contribution in [0.3, 0.4) is 0 Å². The number of nitrogens with zero attached hydrogens (tertiary/aromatic N) is 1. The highest BCUT2D eigenvalue weighted by molar-refractivity contribution is 5.94. The molecule has 4 nitrogen and oxygen atoms in total. The summed E-state index contributed by atoms with van der Waals surface area (Å²) in [5.74, 6) is 0.735. The van der Waals surface area contributed by atoms with Gasteiger partial charge in [0.05, 0.1) is 12.2 Å². The van der Waals surface area contributed by atoms with Crippen LogP contribution in [0, 0.1) is 0 Å². The van der Waals surface area contributed by atoms with Crippen molar-refractivity contribution in [2.24, 2.45) is 0 Å². The second-order valence-electron chi connectivity index (χ2n) is 5.22. The van der Waals surface area contributed by atoms with E-state index in [0.717, 1.165) is 5.75 Å². The van der Waals surface area contributed by atoms with Gasteiger partial charge in [0.2, 0.25) is 0 Å². The minimum atomic E-state index is -0.264. The smallest absolute Gasteiger partial charge is 0.253 e. The maximum Gasteiger partial charge on any atom is 0.253 e. The number of aliphatic hydroxyl groups is 1. The van der Waals surface area contributed by atoms with E-state index in [0.29, 0.717) is 31.5 Å². The van der Waals surface area contributed by atoms with Crippen molar-refractivity contribution in [2.75, 3.05) is 13.1 Å². The van der Waals surface area contributed by atoms with Crippen LogP contribution >= 0.6 is 0 Å². The predicted octanol–water partition coefficient (Wildman–Crippen LogP) is 2.07. The first kappa shape index (κ1) is 13.9. The Morgan fingerprint density at radius 3 is 2.68 bits per heavy atom. The molecular weight excluding hydrogens is 242 g/mol. The summed E-state index contributed by atoms with van der Waals surface area (Å²) in [6, 6.07) is 7.29. The van der Waals surface area contributed by atoms with Crippen LogP contribution in [0.1, 0.15) is 37.0 Å². The molecule has 0 saturated carbocycles. The molecule has 0 spiro atoms. The first-order valence-electron chi connectivity index (χ1n) is 6.80. The maximum atomic E-state index is 12.3. The van der Waals surface area contributed by atoms with E-state index in [1.807, 2.05) is 26.0 Å². The number of hydrogen-bond acceptors (Lipinski definition) is 3. The summed E-state index contributed by atoms with van der Waals surface area (Å²) in [6.07, 6.45) is 1.15. The Morgan fingerprint density at radius 1 is 1.37 bits per heavy atom. The van der Waals surface area contributed by atoms with Crippen molar-refractivity contribution >= 4 is 5.91 Å². The van der Waals surface area contributed by atoms with E-state index in [9.17, 15) is 9.90 Å². The third-order valence-corrected chi connectivity index (χ3v) is 3.20. The molecule has 1 aromatic carbocycles. The molecule has 1 aliphatic rings. The van der Waals surface area contributed by atoms with E-state index in [1.165, 1.54) is 0 Å². The number of carbonyl (C=O) groups is 1. The Morgan fingerprint density at radius 2 is 2.05 bits per heavy atom. The molecule has 0 radical (unpaired) electrons. The van der Waals surface area contributed by atoms with Crippen LogP contribution in [-0.2, 0) is 0 Å². The van der Waals surface area contributed by atoms with E-state index >= 15 is 0 Å². The van der Waals surface area contributed by atoms with Crippen molar-refractivity contribution in [1.29, 1.82) is 0 Å². The van der Waals surface area contributed by atoms with Gasteiger partial charge in [-0.15, -0.1) is 0 Å². The molecule has 0 aliphatic carbocycles. The number of hydrogen-bond donors (Lipinski definition) is 1. The van der Waals surface area contributed by atoms with Crippen molar-refractivity contribution < 1.29 is 14.6 Å². The van der Waals surface area contributed by atoms with Crippen LogP contribution in [0.4, 0.5) is 0 Å². The Labute approximate surface area is 114 Å². The molecule has 1 aliphatic heterocycles. The molecule has 4 heteroatoms. The molecule has 0 aromatic heterocycles. The van der Waals surface area contributed by atoms with Gasteiger partial charge in [0.15, 0.2) is 0 Å². The van der Waals surface area contributed by atoms with E-state index in [-0.39, 0.29) is 18.1 Å². The highest BCUT2D eigenvalue weighted by Gasteiger charge is 2.22. The Kier molecular flexibility index (Phi) is 4.43. The second kappa shape index (κ2) is 6.06. The number of piperidine rings is 1. The summed E-state index contributed by atoms with van der Waals surface area (Å²) in [6.45, 7) is 5.16. The fourth-order valence-corrected chi connectivity index (χ4v) is 2.23. The summed E-state index contributed by atoms with van der Waals surface area (Å²) >= 11 is 0. The lowest BCUT2D eigenvalue weighted by Gasteiger charge is -2.29. The van der Waals surface area contributed by atoms with Gasteiger partial charge in [-0.3, -0.25) is 4.79 Å². The van der Waals surface area contributed by atoms with Crippen LogP contribution in [0.2, 0.25) is 0 Å². The molecule has 1 N–H and O–H groups in total. The quantitative estimate of drug-likeness (QED) is 0.908. The number of aliphatic hydroxyl groups excluding tert-OH is 1. The first-order valence-corrected chi connectivity index (χ1v) is 6.80. The second-order valence-corrected chi connectivity index (χ2v) is 5.22. The third kappa shape index (κ3) is 3.70. The first-order chi connectivity index (χ1) is 9.06. The van der Waals surface area contributed by atoms with Crippen LogP contribution < -0.4 is 4.74 Å².